The topological polar surface area (TPSA) is 124 Å². The van der Waals surface area contributed by atoms with Gasteiger partial charge in [-0.25, -0.2) is 15.1 Å². The van der Waals surface area contributed by atoms with Crippen LogP contribution in [0.25, 0.3) is 22.3 Å². The maximum atomic E-state index is 12.5. The molecule has 1 saturated heterocycles. The van der Waals surface area contributed by atoms with E-state index in [2.05, 4.69) is 30.4 Å². The van der Waals surface area contributed by atoms with Crippen molar-refractivity contribution in [2.45, 2.75) is 12.8 Å². The third kappa shape index (κ3) is 4.25. The Balaban J connectivity index is 1.43. The molecule has 0 amide bonds. The SMILES string of the molecule is O=C(O)C1CCN(c2ccc(Nc3nc(-c4ccccc4)nc4cn[nH]c(=O)c34)cc2)CC1. The lowest BCUT2D eigenvalue weighted by Crippen LogP contribution is -2.36. The van der Waals surface area contributed by atoms with E-state index in [1.54, 1.807) is 0 Å². The minimum absolute atomic E-state index is 0.264. The zero-order chi connectivity index (χ0) is 22.8. The first-order valence-corrected chi connectivity index (χ1v) is 10.7. The van der Waals surface area contributed by atoms with Crippen LogP contribution in [0.5, 0.6) is 0 Å². The zero-order valence-electron chi connectivity index (χ0n) is 17.7. The second kappa shape index (κ2) is 8.70. The third-order valence-electron chi connectivity index (χ3n) is 5.89. The maximum Gasteiger partial charge on any atom is 0.306 e. The number of aromatic nitrogens is 4. The van der Waals surface area contributed by atoms with Crippen LogP contribution in [0, 0.1) is 5.92 Å². The highest BCUT2D eigenvalue weighted by molar-refractivity contribution is 5.91. The van der Waals surface area contributed by atoms with E-state index in [4.69, 9.17) is 0 Å². The molecule has 9 heteroatoms. The van der Waals surface area contributed by atoms with Gasteiger partial charge in [0.15, 0.2) is 5.82 Å². The molecule has 3 N–H and O–H groups in total. The van der Waals surface area contributed by atoms with Gasteiger partial charge in [0, 0.05) is 30.0 Å². The van der Waals surface area contributed by atoms with Gasteiger partial charge in [-0.15, -0.1) is 0 Å². The van der Waals surface area contributed by atoms with E-state index in [0.29, 0.717) is 48.5 Å². The Morgan fingerprint density at radius 3 is 2.45 bits per heavy atom. The number of fused-ring (bicyclic) bond motifs is 1. The number of nitrogens with one attached hydrogen (secondary N) is 2. The number of nitrogens with zero attached hydrogens (tertiary/aromatic N) is 4. The Morgan fingerprint density at radius 1 is 1.03 bits per heavy atom. The Hall–Kier alpha value is -4.27. The number of carboxylic acid groups (broad SMARTS) is 1. The Morgan fingerprint density at radius 2 is 1.76 bits per heavy atom. The zero-order valence-corrected chi connectivity index (χ0v) is 17.7. The Kier molecular flexibility index (Phi) is 5.43. The lowest BCUT2D eigenvalue weighted by Gasteiger charge is -2.32. The molecule has 166 valence electrons. The maximum absolute atomic E-state index is 12.5. The number of hydrogen-bond donors (Lipinski definition) is 3. The van der Waals surface area contributed by atoms with Crippen LogP contribution in [0.1, 0.15) is 12.8 Å². The van der Waals surface area contributed by atoms with Crippen molar-refractivity contribution in [3.8, 4) is 11.4 Å². The van der Waals surface area contributed by atoms with Crippen molar-refractivity contribution < 1.29 is 9.90 Å². The van der Waals surface area contributed by atoms with Crippen molar-refractivity contribution in [1.29, 1.82) is 0 Å². The predicted molar refractivity (Wildman–Crippen MR) is 126 cm³/mol. The van der Waals surface area contributed by atoms with Gasteiger partial charge in [-0.05, 0) is 37.1 Å². The molecule has 0 atom stereocenters. The Labute approximate surface area is 189 Å². The van der Waals surface area contributed by atoms with E-state index in [-0.39, 0.29) is 11.5 Å². The van der Waals surface area contributed by atoms with Gasteiger partial charge in [0.05, 0.1) is 12.1 Å². The normalized spacial score (nSPS) is 14.4. The third-order valence-corrected chi connectivity index (χ3v) is 5.89. The molecule has 2 aromatic carbocycles. The number of benzene rings is 2. The summed E-state index contributed by atoms with van der Waals surface area (Å²) >= 11 is 0. The fourth-order valence-corrected chi connectivity index (χ4v) is 4.09. The lowest BCUT2D eigenvalue weighted by molar-refractivity contribution is -0.142. The molecule has 0 saturated carbocycles. The molecule has 0 unspecified atom stereocenters. The van der Waals surface area contributed by atoms with Crippen molar-refractivity contribution in [2.24, 2.45) is 5.92 Å². The second-order valence-corrected chi connectivity index (χ2v) is 7.99. The summed E-state index contributed by atoms with van der Waals surface area (Å²) < 4.78 is 0. The number of carbonyl (C=O) groups is 1. The van der Waals surface area contributed by atoms with Gasteiger partial charge in [0.25, 0.3) is 5.56 Å². The van der Waals surface area contributed by atoms with Gasteiger partial charge in [-0.3, -0.25) is 9.59 Å². The number of piperidine rings is 1. The van der Waals surface area contributed by atoms with Crippen molar-refractivity contribution in [2.75, 3.05) is 23.3 Å². The van der Waals surface area contributed by atoms with E-state index in [0.717, 1.165) is 16.9 Å². The van der Waals surface area contributed by atoms with Gasteiger partial charge in [0.2, 0.25) is 0 Å². The van der Waals surface area contributed by atoms with Crippen LogP contribution in [-0.4, -0.2) is 44.3 Å². The number of aliphatic carboxylic acids is 1. The van der Waals surface area contributed by atoms with Crippen molar-refractivity contribution in [3.05, 3.63) is 71.1 Å². The average Bonchev–Trinajstić information content (AvgIpc) is 2.85. The van der Waals surface area contributed by atoms with Crippen LogP contribution >= 0.6 is 0 Å². The number of aromatic amines is 1. The summed E-state index contributed by atoms with van der Waals surface area (Å²) in [6.45, 7) is 1.42. The summed E-state index contributed by atoms with van der Waals surface area (Å²) in [4.78, 5) is 35.0. The van der Waals surface area contributed by atoms with E-state index in [9.17, 15) is 14.7 Å². The highest BCUT2D eigenvalue weighted by Gasteiger charge is 2.24. The first kappa shape index (κ1) is 20.6. The minimum Gasteiger partial charge on any atom is -0.481 e. The average molecular weight is 442 g/mol. The molecule has 0 radical (unpaired) electrons. The van der Waals surface area contributed by atoms with Crippen LogP contribution in [-0.2, 0) is 4.79 Å². The van der Waals surface area contributed by atoms with Crippen LogP contribution in [0.4, 0.5) is 17.2 Å². The second-order valence-electron chi connectivity index (χ2n) is 7.99. The quantitative estimate of drug-likeness (QED) is 0.429. The molecule has 0 aliphatic carbocycles. The summed E-state index contributed by atoms with van der Waals surface area (Å²) in [6.07, 6.45) is 2.79. The summed E-state index contributed by atoms with van der Waals surface area (Å²) in [6, 6.07) is 17.4. The monoisotopic (exact) mass is 442 g/mol. The van der Waals surface area contributed by atoms with E-state index in [1.165, 1.54) is 6.20 Å². The largest absolute Gasteiger partial charge is 0.481 e. The molecule has 1 aliphatic heterocycles. The number of rotatable bonds is 5. The van der Waals surface area contributed by atoms with Gasteiger partial charge in [-0.1, -0.05) is 30.3 Å². The summed E-state index contributed by atoms with van der Waals surface area (Å²) in [7, 11) is 0. The van der Waals surface area contributed by atoms with Crippen LogP contribution in [0.2, 0.25) is 0 Å². The number of carboxylic acids is 1. The molecular weight excluding hydrogens is 420 g/mol. The molecule has 3 heterocycles. The number of anilines is 3. The van der Waals surface area contributed by atoms with Crippen molar-refractivity contribution >= 4 is 34.1 Å². The fourth-order valence-electron chi connectivity index (χ4n) is 4.09. The standard InChI is InChI=1S/C24H22N6O3/c31-23-20-19(14-25-29-23)27-21(15-4-2-1-3-5-15)28-22(20)26-17-6-8-18(9-7-17)30-12-10-16(11-13-30)24(32)33/h1-9,14,16H,10-13H2,(H,29,31)(H,32,33)(H,26,27,28). The molecule has 33 heavy (non-hydrogen) atoms. The van der Waals surface area contributed by atoms with Crippen LogP contribution < -0.4 is 15.8 Å². The summed E-state index contributed by atoms with van der Waals surface area (Å²) in [5.74, 6) is -0.0839. The number of H-pyrrole nitrogens is 1. The van der Waals surface area contributed by atoms with E-state index < -0.39 is 5.97 Å². The molecule has 0 bridgehead atoms. The molecule has 5 rings (SSSR count). The fraction of sp³-hybridized carbons (Fsp3) is 0.208. The predicted octanol–water partition coefficient (Wildman–Crippen LogP) is 3.42. The van der Waals surface area contributed by atoms with Crippen LogP contribution in [0.3, 0.4) is 0 Å². The molecule has 1 fully saturated rings. The molecule has 9 nitrogen and oxygen atoms in total. The van der Waals surface area contributed by atoms with Gasteiger partial charge < -0.3 is 15.3 Å². The minimum atomic E-state index is -0.716. The summed E-state index contributed by atoms with van der Waals surface area (Å²) in [5.41, 5.74) is 2.72. The van der Waals surface area contributed by atoms with Gasteiger partial charge in [-0.2, -0.15) is 5.10 Å². The van der Waals surface area contributed by atoms with E-state index >= 15 is 0 Å². The molecule has 4 aromatic rings. The summed E-state index contributed by atoms with van der Waals surface area (Å²) in [5, 5.41) is 19.1. The molecule has 1 aliphatic rings. The molecule has 0 spiro atoms. The van der Waals surface area contributed by atoms with Crippen LogP contribution in [0.15, 0.2) is 65.6 Å². The van der Waals surface area contributed by atoms with Crippen molar-refractivity contribution in [3.63, 3.8) is 0 Å². The first-order valence-electron chi connectivity index (χ1n) is 10.7. The van der Waals surface area contributed by atoms with Gasteiger partial charge >= 0.3 is 5.97 Å². The first-order chi connectivity index (χ1) is 16.1. The smallest absolute Gasteiger partial charge is 0.306 e. The molecular formula is C24H22N6O3. The molecule has 2 aromatic heterocycles. The Bertz CT molecular complexity index is 1350. The van der Waals surface area contributed by atoms with Gasteiger partial charge in [0.1, 0.15) is 16.7 Å². The van der Waals surface area contributed by atoms with Crippen molar-refractivity contribution in [1.82, 2.24) is 20.2 Å². The lowest BCUT2D eigenvalue weighted by atomic mass is 9.97. The highest BCUT2D eigenvalue weighted by Crippen LogP contribution is 2.28. The number of hydrogen-bond acceptors (Lipinski definition) is 7. The highest BCUT2D eigenvalue weighted by atomic mass is 16.4. The van der Waals surface area contributed by atoms with E-state index in [1.807, 2.05) is 54.6 Å².